The van der Waals surface area contributed by atoms with Crippen LogP contribution in [-0.4, -0.2) is 17.5 Å². The number of nitrogens with one attached hydrogen (secondary N) is 1. The van der Waals surface area contributed by atoms with Crippen molar-refractivity contribution >= 4 is 0 Å². The van der Waals surface area contributed by atoms with E-state index < -0.39 is 5.92 Å². The number of nitrogens with zero attached hydrogens (tertiary/aromatic N) is 1. The van der Waals surface area contributed by atoms with E-state index in [1.165, 1.54) is 0 Å². The molecule has 3 nitrogen and oxygen atoms in total. The molecule has 17 heavy (non-hydrogen) atoms. The van der Waals surface area contributed by atoms with E-state index >= 15 is 0 Å². The molecule has 0 radical (unpaired) electrons. The van der Waals surface area contributed by atoms with Gasteiger partial charge in [0.15, 0.2) is 0 Å². The second kappa shape index (κ2) is 4.72. The number of aromatic nitrogens is 1. The first-order valence-electron chi connectivity index (χ1n) is 6.08. The lowest BCUT2D eigenvalue weighted by atomic mass is 10.1. The molecule has 2 rings (SSSR count). The lowest BCUT2D eigenvalue weighted by Crippen LogP contribution is -2.17. The van der Waals surface area contributed by atoms with Gasteiger partial charge in [0.1, 0.15) is 5.76 Å². The standard InChI is InChI=1S/C12H18F2N2O/c1-3-15-8(2)11-16-7-10(17-11)9-4-5-12(13,14)6-9/h7-9,15H,3-6H2,1-2H3. The minimum Gasteiger partial charge on any atom is -0.444 e. The van der Waals surface area contributed by atoms with E-state index in [0.29, 0.717) is 18.1 Å². The molecule has 1 fully saturated rings. The molecule has 0 spiro atoms. The zero-order valence-electron chi connectivity index (χ0n) is 10.2. The predicted octanol–water partition coefficient (Wildman–Crippen LogP) is 3.25. The Kier molecular flexibility index (Phi) is 3.47. The van der Waals surface area contributed by atoms with Gasteiger partial charge in [-0.3, -0.25) is 0 Å². The van der Waals surface area contributed by atoms with Gasteiger partial charge in [0.05, 0.1) is 12.2 Å². The van der Waals surface area contributed by atoms with E-state index in [1.54, 1.807) is 6.20 Å². The van der Waals surface area contributed by atoms with Crippen LogP contribution >= 0.6 is 0 Å². The average molecular weight is 244 g/mol. The van der Waals surface area contributed by atoms with Gasteiger partial charge in [0.2, 0.25) is 11.8 Å². The van der Waals surface area contributed by atoms with E-state index in [4.69, 9.17) is 4.42 Å². The zero-order chi connectivity index (χ0) is 12.5. The second-order valence-electron chi connectivity index (χ2n) is 4.68. The quantitative estimate of drug-likeness (QED) is 0.883. The van der Waals surface area contributed by atoms with Crippen LogP contribution in [0.25, 0.3) is 0 Å². The van der Waals surface area contributed by atoms with Gasteiger partial charge in [-0.25, -0.2) is 13.8 Å². The Labute approximate surface area is 99.6 Å². The molecule has 0 bridgehead atoms. The van der Waals surface area contributed by atoms with E-state index in [-0.39, 0.29) is 24.8 Å². The molecular weight excluding hydrogens is 226 g/mol. The minimum absolute atomic E-state index is 0.0238. The highest BCUT2D eigenvalue weighted by molar-refractivity contribution is 5.07. The highest BCUT2D eigenvalue weighted by Gasteiger charge is 2.41. The number of hydrogen-bond acceptors (Lipinski definition) is 3. The van der Waals surface area contributed by atoms with Crippen molar-refractivity contribution in [3.05, 3.63) is 17.8 Å². The third-order valence-corrected chi connectivity index (χ3v) is 3.23. The molecule has 1 aromatic rings. The van der Waals surface area contributed by atoms with Crippen LogP contribution < -0.4 is 5.32 Å². The first-order chi connectivity index (χ1) is 8.02. The van der Waals surface area contributed by atoms with Crippen LogP contribution in [0.2, 0.25) is 0 Å². The highest BCUT2D eigenvalue weighted by Crippen LogP contribution is 2.44. The van der Waals surface area contributed by atoms with Gasteiger partial charge in [-0.1, -0.05) is 6.92 Å². The fraction of sp³-hybridized carbons (Fsp3) is 0.750. The van der Waals surface area contributed by atoms with Crippen LogP contribution in [0, 0.1) is 0 Å². The van der Waals surface area contributed by atoms with Gasteiger partial charge < -0.3 is 9.73 Å². The highest BCUT2D eigenvalue weighted by atomic mass is 19.3. The van der Waals surface area contributed by atoms with Gasteiger partial charge >= 0.3 is 0 Å². The molecule has 2 atom stereocenters. The smallest absolute Gasteiger partial charge is 0.248 e. The van der Waals surface area contributed by atoms with Crippen molar-refractivity contribution in [1.82, 2.24) is 10.3 Å². The Hall–Kier alpha value is -0.970. The SMILES string of the molecule is CCNC(C)c1ncc(C2CCC(F)(F)C2)o1. The van der Waals surface area contributed by atoms with Crippen LogP contribution in [-0.2, 0) is 0 Å². The van der Waals surface area contributed by atoms with Crippen LogP contribution in [0.1, 0.15) is 56.7 Å². The summed E-state index contributed by atoms with van der Waals surface area (Å²) in [5.41, 5.74) is 0. The first-order valence-corrected chi connectivity index (χ1v) is 6.08. The Balaban J connectivity index is 2.04. The minimum atomic E-state index is -2.54. The third-order valence-electron chi connectivity index (χ3n) is 3.23. The summed E-state index contributed by atoms with van der Waals surface area (Å²) >= 11 is 0. The Morgan fingerprint density at radius 3 is 3.00 bits per heavy atom. The molecule has 0 aliphatic heterocycles. The molecule has 1 heterocycles. The molecular formula is C12H18F2N2O. The van der Waals surface area contributed by atoms with Crippen LogP contribution in [0.5, 0.6) is 0 Å². The van der Waals surface area contributed by atoms with Gasteiger partial charge in [-0.15, -0.1) is 0 Å². The molecule has 1 aliphatic rings. The molecule has 0 aromatic carbocycles. The average Bonchev–Trinajstić information content (AvgIpc) is 2.84. The summed E-state index contributed by atoms with van der Waals surface area (Å²) in [6.45, 7) is 4.76. The van der Waals surface area contributed by atoms with Crippen molar-refractivity contribution in [3.63, 3.8) is 0 Å². The summed E-state index contributed by atoms with van der Waals surface area (Å²) in [4.78, 5) is 4.15. The summed E-state index contributed by atoms with van der Waals surface area (Å²) in [5, 5.41) is 3.18. The van der Waals surface area contributed by atoms with E-state index in [2.05, 4.69) is 10.3 Å². The summed E-state index contributed by atoms with van der Waals surface area (Å²) < 4.78 is 31.8. The van der Waals surface area contributed by atoms with Crippen LogP contribution in [0.15, 0.2) is 10.6 Å². The van der Waals surface area contributed by atoms with E-state index in [1.807, 2.05) is 13.8 Å². The topological polar surface area (TPSA) is 38.1 Å². The molecule has 1 aromatic heterocycles. The number of rotatable bonds is 4. The predicted molar refractivity (Wildman–Crippen MR) is 60.1 cm³/mol. The maximum Gasteiger partial charge on any atom is 0.248 e. The summed E-state index contributed by atoms with van der Waals surface area (Å²) in [7, 11) is 0. The zero-order valence-corrected chi connectivity index (χ0v) is 10.2. The molecule has 2 unspecified atom stereocenters. The third kappa shape index (κ3) is 2.83. The number of alkyl halides is 2. The summed E-state index contributed by atoms with van der Waals surface area (Å²) in [5.74, 6) is -1.54. The maximum atomic E-state index is 13.1. The van der Waals surface area contributed by atoms with Crippen molar-refractivity contribution in [2.24, 2.45) is 0 Å². The monoisotopic (exact) mass is 244 g/mol. The Morgan fingerprint density at radius 1 is 1.65 bits per heavy atom. The molecule has 96 valence electrons. The van der Waals surface area contributed by atoms with Crippen molar-refractivity contribution in [2.75, 3.05) is 6.54 Å². The largest absolute Gasteiger partial charge is 0.444 e. The number of hydrogen-bond donors (Lipinski definition) is 1. The molecule has 1 aliphatic carbocycles. The van der Waals surface area contributed by atoms with Crippen molar-refractivity contribution < 1.29 is 13.2 Å². The van der Waals surface area contributed by atoms with E-state index in [9.17, 15) is 8.78 Å². The van der Waals surface area contributed by atoms with Crippen molar-refractivity contribution in [3.8, 4) is 0 Å². The summed E-state index contributed by atoms with van der Waals surface area (Å²) in [6.07, 6.45) is 1.92. The van der Waals surface area contributed by atoms with E-state index in [0.717, 1.165) is 6.54 Å². The number of oxazole rings is 1. The fourth-order valence-electron chi connectivity index (χ4n) is 2.28. The lowest BCUT2D eigenvalue weighted by Gasteiger charge is -2.09. The normalized spacial score (nSPS) is 25.1. The van der Waals surface area contributed by atoms with Gasteiger partial charge in [-0.2, -0.15) is 0 Å². The molecule has 0 amide bonds. The first kappa shape index (κ1) is 12.5. The Bertz CT molecular complexity index is 378. The Morgan fingerprint density at radius 2 is 2.41 bits per heavy atom. The fourth-order valence-corrected chi connectivity index (χ4v) is 2.28. The van der Waals surface area contributed by atoms with Crippen LogP contribution in [0.4, 0.5) is 8.78 Å². The lowest BCUT2D eigenvalue weighted by molar-refractivity contribution is 0.00716. The molecule has 1 N–H and O–H groups in total. The van der Waals surface area contributed by atoms with Gasteiger partial charge in [-0.05, 0) is 19.9 Å². The molecule has 1 saturated carbocycles. The number of halogens is 2. The molecule has 5 heteroatoms. The van der Waals surface area contributed by atoms with Gasteiger partial charge in [0.25, 0.3) is 0 Å². The van der Waals surface area contributed by atoms with Gasteiger partial charge in [0, 0.05) is 18.8 Å². The van der Waals surface area contributed by atoms with Crippen LogP contribution in [0.3, 0.4) is 0 Å². The van der Waals surface area contributed by atoms with Crippen molar-refractivity contribution in [2.45, 2.75) is 51.0 Å². The molecule has 0 saturated heterocycles. The maximum absolute atomic E-state index is 13.1. The van der Waals surface area contributed by atoms with Crippen molar-refractivity contribution in [1.29, 1.82) is 0 Å². The second-order valence-corrected chi connectivity index (χ2v) is 4.68. The summed E-state index contributed by atoms with van der Waals surface area (Å²) in [6, 6.07) is 0.0238.